The van der Waals surface area contributed by atoms with Crippen molar-refractivity contribution in [2.45, 2.75) is 57.1 Å². The SMILES string of the molecule is C=C(CN1CC2CC1CO2)C(=O)NCc1cccc([C@H]2c3c(C)nn(-c4ccccc4)c3N(CC)C(=O)[C@@H]2NC(=O)c2cccc(C(F)(F)F)c2)c1. The third kappa shape index (κ3) is 6.73. The monoisotopic (exact) mass is 712 g/mol. The Labute approximate surface area is 299 Å². The first-order valence-electron chi connectivity index (χ1n) is 17.3. The molecule has 3 aliphatic rings. The second-order valence-corrected chi connectivity index (χ2v) is 13.5. The van der Waals surface area contributed by atoms with Crippen LogP contribution in [0.1, 0.15) is 57.6 Å². The van der Waals surface area contributed by atoms with Crippen LogP contribution in [0.15, 0.2) is 91.0 Å². The summed E-state index contributed by atoms with van der Waals surface area (Å²) in [6, 6.07) is 20.0. The van der Waals surface area contributed by atoms with Crippen molar-refractivity contribution in [1.82, 2.24) is 25.3 Å². The molecule has 4 aromatic rings. The van der Waals surface area contributed by atoms with Crippen LogP contribution in [0.2, 0.25) is 0 Å². The molecule has 13 heteroatoms. The van der Waals surface area contributed by atoms with Crippen LogP contribution in [0.4, 0.5) is 19.0 Å². The number of hydrogen-bond donors (Lipinski definition) is 2. The van der Waals surface area contributed by atoms with Gasteiger partial charge in [0.1, 0.15) is 11.9 Å². The highest BCUT2D eigenvalue weighted by Crippen LogP contribution is 2.43. The van der Waals surface area contributed by atoms with E-state index in [1.807, 2.05) is 68.4 Å². The van der Waals surface area contributed by atoms with E-state index in [2.05, 4.69) is 22.1 Å². The minimum absolute atomic E-state index is 0.180. The minimum atomic E-state index is -4.65. The van der Waals surface area contributed by atoms with Gasteiger partial charge in [0, 0.05) is 54.8 Å². The molecule has 4 heterocycles. The van der Waals surface area contributed by atoms with Crippen LogP contribution < -0.4 is 15.5 Å². The zero-order chi connectivity index (χ0) is 36.7. The van der Waals surface area contributed by atoms with Gasteiger partial charge < -0.3 is 15.4 Å². The van der Waals surface area contributed by atoms with E-state index in [4.69, 9.17) is 9.84 Å². The van der Waals surface area contributed by atoms with Gasteiger partial charge in [0.2, 0.25) is 5.91 Å². The molecule has 3 aliphatic heterocycles. The molecule has 2 fully saturated rings. The number of rotatable bonds is 10. The lowest BCUT2D eigenvalue weighted by Gasteiger charge is -2.38. The zero-order valence-corrected chi connectivity index (χ0v) is 28.8. The Balaban J connectivity index is 1.22. The average Bonchev–Trinajstić information content (AvgIpc) is 3.86. The van der Waals surface area contributed by atoms with Gasteiger partial charge in [-0.1, -0.05) is 55.1 Å². The lowest BCUT2D eigenvalue weighted by Crippen LogP contribution is -2.55. The van der Waals surface area contributed by atoms with Gasteiger partial charge in [-0.3, -0.25) is 24.2 Å². The molecule has 2 saturated heterocycles. The second kappa shape index (κ2) is 14.0. The molecule has 4 atom stereocenters. The number of alkyl halides is 3. The van der Waals surface area contributed by atoms with E-state index >= 15 is 0 Å². The number of likely N-dealkylation sites (tertiary alicyclic amines) is 1. The number of carbonyl (C=O) groups is 3. The first-order chi connectivity index (χ1) is 24.9. The van der Waals surface area contributed by atoms with E-state index < -0.39 is 35.5 Å². The van der Waals surface area contributed by atoms with E-state index in [0.29, 0.717) is 47.4 Å². The smallest absolute Gasteiger partial charge is 0.375 e. The molecule has 10 nitrogen and oxygen atoms in total. The van der Waals surface area contributed by atoms with Crippen LogP contribution in [-0.4, -0.2) is 76.8 Å². The number of ether oxygens (including phenoxy) is 1. The largest absolute Gasteiger partial charge is 0.416 e. The highest BCUT2D eigenvalue weighted by atomic mass is 19.4. The molecule has 3 aromatic carbocycles. The molecule has 0 spiro atoms. The number of anilines is 1. The number of carbonyl (C=O) groups excluding carboxylic acids is 3. The summed E-state index contributed by atoms with van der Waals surface area (Å²) >= 11 is 0. The molecule has 270 valence electrons. The number of halogens is 3. The number of aromatic nitrogens is 2. The molecule has 2 N–H and O–H groups in total. The highest BCUT2D eigenvalue weighted by molar-refractivity contribution is 6.05. The molecule has 2 unspecified atom stereocenters. The normalized spacial score (nSPS) is 21.2. The molecule has 0 saturated carbocycles. The molecular formula is C39H39F3N6O4. The van der Waals surface area contributed by atoms with Crippen LogP contribution in [0.25, 0.3) is 5.69 Å². The number of benzene rings is 3. The Kier molecular flexibility index (Phi) is 9.49. The molecule has 0 aliphatic carbocycles. The van der Waals surface area contributed by atoms with Gasteiger partial charge in [-0.2, -0.15) is 18.3 Å². The number of morpholine rings is 1. The lowest BCUT2D eigenvalue weighted by molar-refractivity contribution is -0.137. The number of hydrogen-bond acceptors (Lipinski definition) is 6. The number of nitrogens with one attached hydrogen (secondary N) is 2. The maximum atomic E-state index is 14.5. The van der Waals surface area contributed by atoms with Crippen LogP contribution in [0.3, 0.4) is 0 Å². The van der Waals surface area contributed by atoms with Gasteiger partial charge in [-0.25, -0.2) is 4.68 Å². The molecule has 0 radical (unpaired) electrons. The number of nitrogens with zero attached hydrogens (tertiary/aromatic N) is 4. The molecular weight excluding hydrogens is 673 g/mol. The number of likely N-dealkylation sites (N-methyl/N-ethyl adjacent to an activating group) is 1. The van der Waals surface area contributed by atoms with Crippen LogP contribution >= 0.6 is 0 Å². The summed E-state index contributed by atoms with van der Waals surface area (Å²) in [5.74, 6) is -1.75. The van der Waals surface area contributed by atoms with Gasteiger partial charge in [0.25, 0.3) is 11.8 Å². The van der Waals surface area contributed by atoms with Crippen molar-refractivity contribution in [3.05, 3.63) is 125 Å². The number of para-hydroxylation sites is 1. The third-order valence-electron chi connectivity index (χ3n) is 10.1. The fourth-order valence-electron chi connectivity index (χ4n) is 7.55. The Bertz CT molecular complexity index is 2030. The van der Waals surface area contributed by atoms with E-state index in [0.717, 1.165) is 36.3 Å². The topological polar surface area (TPSA) is 109 Å². The number of aryl methyl sites for hydroxylation is 1. The average molecular weight is 713 g/mol. The Morgan fingerprint density at radius 2 is 1.81 bits per heavy atom. The van der Waals surface area contributed by atoms with Crippen molar-refractivity contribution in [3.8, 4) is 5.69 Å². The third-order valence-corrected chi connectivity index (χ3v) is 10.1. The Morgan fingerprint density at radius 3 is 2.50 bits per heavy atom. The number of amides is 3. The molecule has 3 amide bonds. The Morgan fingerprint density at radius 1 is 1.04 bits per heavy atom. The minimum Gasteiger partial charge on any atom is -0.375 e. The zero-order valence-electron chi connectivity index (χ0n) is 28.8. The standard InChI is InChI=1S/C39H39F3N6O4/c1-4-47-37-32(24(3)45-48(37)29-14-6-5-7-15-29)33(34(38(47)51)44-36(50)27-12-9-13-28(17-27)39(40,41)42)26-11-8-10-25(16-26)19-43-35(49)23(2)20-46-21-31-18-30(46)22-52-31/h5-17,30-31,33-34H,2,4,18-22H2,1,3H3,(H,43,49)(H,44,50)/t30?,31?,33-,34+/m0/s1. The second-order valence-electron chi connectivity index (χ2n) is 13.5. The van der Waals surface area contributed by atoms with Crippen molar-refractivity contribution < 1.29 is 32.3 Å². The van der Waals surface area contributed by atoms with Gasteiger partial charge in [-0.15, -0.1) is 0 Å². The Hall–Kier alpha value is -5.27. The predicted octanol–water partition coefficient (Wildman–Crippen LogP) is 5.14. The van der Waals surface area contributed by atoms with Crippen molar-refractivity contribution in [1.29, 1.82) is 0 Å². The summed E-state index contributed by atoms with van der Waals surface area (Å²) in [6.45, 7) is 9.98. The first kappa shape index (κ1) is 35.1. The fourth-order valence-corrected chi connectivity index (χ4v) is 7.55. The van der Waals surface area contributed by atoms with E-state index in [1.54, 1.807) is 9.58 Å². The molecule has 2 bridgehead atoms. The lowest BCUT2D eigenvalue weighted by atomic mass is 9.80. The summed E-state index contributed by atoms with van der Waals surface area (Å²) in [4.78, 5) is 45.0. The van der Waals surface area contributed by atoms with E-state index in [-0.39, 0.29) is 30.7 Å². The summed E-state index contributed by atoms with van der Waals surface area (Å²) in [5.41, 5.74) is 2.70. The van der Waals surface area contributed by atoms with Crippen molar-refractivity contribution in [2.24, 2.45) is 0 Å². The molecule has 1 aromatic heterocycles. The maximum Gasteiger partial charge on any atom is 0.416 e. The van der Waals surface area contributed by atoms with E-state index in [1.165, 1.54) is 12.1 Å². The van der Waals surface area contributed by atoms with Gasteiger partial charge in [0.15, 0.2) is 0 Å². The van der Waals surface area contributed by atoms with Crippen molar-refractivity contribution in [2.75, 3.05) is 31.1 Å². The first-order valence-corrected chi connectivity index (χ1v) is 17.3. The van der Waals surface area contributed by atoms with Crippen LogP contribution in [0, 0.1) is 6.92 Å². The predicted molar refractivity (Wildman–Crippen MR) is 188 cm³/mol. The van der Waals surface area contributed by atoms with E-state index in [9.17, 15) is 27.6 Å². The summed E-state index contributed by atoms with van der Waals surface area (Å²) in [5, 5.41) is 10.6. The quantitative estimate of drug-likeness (QED) is 0.221. The highest BCUT2D eigenvalue weighted by Gasteiger charge is 2.46. The summed E-state index contributed by atoms with van der Waals surface area (Å²) in [6.07, 6.45) is -3.47. The van der Waals surface area contributed by atoms with Gasteiger partial charge >= 0.3 is 6.18 Å². The fraction of sp³-hybridized carbons (Fsp3) is 0.333. The molecule has 52 heavy (non-hydrogen) atoms. The van der Waals surface area contributed by atoms with Crippen molar-refractivity contribution in [3.63, 3.8) is 0 Å². The summed E-state index contributed by atoms with van der Waals surface area (Å²) in [7, 11) is 0. The van der Waals surface area contributed by atoms with Crippen LogP contribution in [-0.2, 0) is 27.0 Å². The van der Waals surface area contributed by atoms with Crippen molar-refractivity contribution >= 4 is 23.5 Å². The maximum absolute atomic E-state index is 14.5. The molecule has 7 rings (SSSR count). The van der Waals surface area contributed by atoms with Gasteiger partial charge in [0.05, 0.1) is 29.7 Å². The van der Waals surface area contributed by atoms with Gasteiger partial charge in [-0.05, 0) is 61.7 Å². The number of fused-ring (bicyclic) bond motifs is 3. The summed E-state index contributed by atoms with van der Waals surface area (Å²) < 4.78 is 48.1. The van der Waals surface area contributed by atoms with Crippen LogP contribution in [0.5, 0.6) is 0 Å².